The molecule has 6 rings (SSSR count). The first kappa shape index (κ1) is 26.9. The van der Waals surface area contributed by atoms with Crippen molar-refractivity contribution in [1.82, 2.24) is 0 Å². The van der Waals surface area contributed by atoms with Gasteiger partial charge in [0, 0.05) is 0 Å². The summed E-state index contributed by atoms with van der Waals surface area (Å²) in [6.07, 6.45) is 9.58. The molecule has 0 saturated heterocycles. The molecule has 2 atom stereocenters. The van der Waals surface area contributed by atoms with Gasteiger partial charge in [0.2, 0.25) is 0 Å². The molecule has 0 aliphatic heterocycles. The van der Waals surface area contributed by atoms with Crippen LogP contribution < -0.4 is 24.8 Å². The third-order valence-electron chi connectivity index (χ3n) is 7.28. The molecular formula is C32H28Cl2SiTi. The Hall–Kier alpha value is -2.13. The van der Waals surface area contributed by atoms with E-state index in [1.807, 2.05) is 0 Å². The van der Waals surface area contributed by atoms with Gasteiger partial charge in [0.25, 0.3) is 0 Å². The Balaban J connectivity index is 0.00000152. The van der Waals surface area contributed by atoms with Crippen LogP contribution >= 0.6 is 0 Å². The molecule has 2 aliphatic rings. The minimum absolute atomic E-state index is 0. The van der Waals surface area contributed by atoms with Crippen molar-refractivity contribution in [3.8, 4) is 22.3 Å². The first-order valence-electron chi connectivity index (χ1n) is 12.1. The van der Waals surface area contributed by atoms with Gasteiger partial charge in [0.15, 0.2) is 0 Å². The summed E-state index contributed by atoms with van der Waals surface area (Å²) >= 11 is -1.55. The van der Waals surface area contributed by atoms with Gasteiger partial charge in [-0.3, -0.25) is 0 Å². The minimum atomic E-state index is -1.55. The van der Waals surface area contributed by atoms with Crippen LogP contribution in [0.1, 0.15) is 30.7 Å². The maximum Gasteiger partial charge on any atom is -1.00 e. The number of hydrogen-bond donors (Lipinski definition) is 0. The Bertz CT molecular complexity index is 1360. The van der Waals surface area contributed by atoms with Crippen molar-refractivity contribution in [2.75, 3.05) is 0 Å². The van der Waals surface area contributed by atoms with Crippen LogP contribution in [0.25, 0.3) is 34.4 Å². The minimum Gasteiger partial charge on any atom is -1.00 e. The van der Waals surface area contributed by atoms with Gasteiger partial charge in [-0.1, -0.05) is 0 Å². The number of rotatable bonds is 4. The second kappa shape index (κ2) is 11.5. The molecule has 0 fully saturated rings. The molecule has 0 amide bonds. The van der Waals surface area contributed by atoms with Crippen molar-refractivity contribution < 1.29 is 41.4 Å². The summed E-state index contributed by atoms with van der Waals surface area (Å²) in [6.45, 7) is 5.14. The molecule has 2 unspecified atom stereocenters. The van der Waals surface area contributed by atoms with E-state index in [4.69, 9.17) is 0 Å². The Kier molecular flexibility index (Phi) is 8.60. The van der Waals surface area contributed by atoms with Gasteiger partial charge in [-0.2, -0.15) is 0 Å². The smallest absolute Gasteiger partial charge is 1.00 e. The van der Waals surface area contributed by atoms with Gasteiger partial charge in [-0.05, 0) is 0 Å². The Morgan fingerprint density at radius 3 is 1.33 bits per heavy atom. The monoisotopic (exact) mass is 558 g/mol. The summed E-state index contributed by atoms with van der Waals surface area (Å²) in [4.78, 5) is 0. The second-order valence-corrected chi connectivity index (χ2v) is 21.9. The largest absolute Gasteiger partial charge is 1.00 e. The normalized spacial score (nSPS) is 16.2. The number of halogens is 2. The van der Waals surface area contributed by atoms with Crippen molar-refractivity contribution in [2.45, 2.75) is 21.5 Å². The van der Waals surface area contributed by atoms with Crippen LogP contribution in [0.3, 0.4) is 0 Å². The Morgan fingerprint density at radius 2 is 0.944 bits per heavy atom. The molecule has 0 nitrogen and oxygen atoms in total. The molecule has 4 aromatic carbocycles. The van der Waals surface area contributed by atoms with E-state index in [9.17, 15) is 0 Å². The van der Waals surface area contributed by atoms with Crippen LogP contribution in [-0.4, -0.2) is 6.19 Å². The van der Waals surface area contributed by atoms with Crippen molar-refractivity contribution >= 4 is 18.3 Å². The predicted molar refractivity (Wildman–Crippen MR) is 145 cm³/mol. The molecule has 0 aromatic heterocycles. The molecular weight excluding hydrogens is 531 g/mol. The molecule has 0 bridgehead atoms. The van der Waals surface area contributed by atoms with E-state index in [2.05, 4.69) is 134 Å². The molecule has 0 N–H and O–H groups in total. The predicted octanol–water partition coefficient (Wildman–Crippen LogP) is 2.73. The van der Waals surface area contributed by atoms with Crippen LogP contribution in [0.2, 0.25) is 13.1 Å². The Morgan fingerprint density at radius 1 is 0.528 bits per heavy atom. The fourth-order valence-electron chi connectivity index (χ4n) is 5.77. The van der Waals surface area contributed by atoms with Gasteiger partial charge < -0.3 is 24.8 Å². The summed E-state index contributed by atoms with van der Waals surface area (Å²) in [6, 6.07) is 35.7. The topological polar surface area (TPSA) is 0 Å². The van der Waals surface area contributed by atoms with Crippen molar-refractivity contribution in [1.29, 1.82) is 0 Å². The molecule has 0 radical (unpaired) electrons. The maximum absolute atomic E-state index is 2.57. The standard InChI is InChI=1S/2C15H11.C2H6Si.2ClH.Ti/c2*1-2-6-12(7-3-1)14-10-4-8-13-9-5-11-15(13)14;1-3-2;;;/h2*1-11H;1-2H3;2*1H;/q;;;;;+2/p-2. The van der Waals surface area contributed by atoms with Crippen molar-refractivity contribution in [3.05, 3.63) is 131 Å². The zero-order valence-corrected chi connectivity index (χ0v) is 24.5. The number of hydrogen-bond acceptors (Lipinski definition) is 0. The summed E-state index contributed by atoms with van der Waals surface area (Å²) < 4.78 is 1.26. The quantitative estimate of drug-likeness (QED) is 0.338. The summed E-state index contributed by atoms with van der Waals surface area (Å²) in [5.74, 6) is 0. The van der Waals surface area contributed by atoms with Crippen LogP contribution in [-0.2, 0) is 16.6 Å². The maximum atomic E-state index is 2.57. The second-order valence-electron chi connectivity index (χ2n) is 9.48. The first-order valence-corrected chi connectivity index (χ1v) is 18.8. The van der Waals surface area contributed by atoms with E-state index < -0.39 is 22.8 Å². The van der Waals surface area contributed by atoms with Crippen molar-refractivity contribution in [3.63, 3.8) is 0 Å². The van der Waals surface area contributed by atoms with Crippen LogP contribution in [0.4, 0.5) is 0 Å². The van der Waals surface area contributed by atoms with E-state index in [0.29, 0.717) is 8.45 Å². The molecule has 4 heteroatoms. The van der Waals surface area contributed by atoms with Gasteiger partial charge >= 0.3 is 210 Å². The van der Waals surface area contributed by atoms with E-state index >= 15 is 0 Å². The van der Waals surface area contributed by atoms with E-state index in [1.54, 1.807) is 11.1 Å². The molecule has 2 aliphatic carbocycles. The van der Waals surface area contributed by atoms with Gasteiger partial charge in [-0.15, -0.1) is 0 Å². The molecule has 0 heterocycles. The zero-order chi connectivity index (χ0) is 23.1. The van der Waals surface area contributed by atoms with Crippen LogP contribution in [0, 0.1) is 0 Å². The number of allylic oxidation sites excluding steroid dienone is 2. The molecule has 36 heavy (non-hydrogen) atoms. The van der Waals surface area contributed by atoms with E-state index in [0.717, 1.165) is 0 Å². The average Bonchev–Trinajstić information content (AvgIpc) is 3.50. The SMILES string of the molecule is C[Si](C)=[Ti+2]([CH]1C=Cc2c(-c3ccccc3)cccc21)[CH]1C=Cc2c(-c3ccccc3)cccc21.[Cl-].[Cl-]. The summed E-state index contributed by atoms with van der Waals surface area (Å²) in [5, 5.41) is 0. The Labute approximate surface area is 233 Å². The molecule has 0 spiro atoms. The average molecular weight is 559 g/mol. The fourth-order valence-corrected chi connectivity index (χ4v) is 18.3. The first-order chi connectivity index (χ1) is 16.7. The summed E-state index contributed by atoms with van der Waals surface area (Å²) in [7, 11) is 0. The van der Waals surface area contributed by atoms with Gasteiger partial charge in [0.1, 0.15) is 0 Å². The molecule has 4 aromatic rings. The zero-order valence-electron chi connectivity index (χ0n) is 20.5. The summed E-state index contributed by atoms with van der Waals surface area (Å²) in [5.41, 5.74) is 11.5. The van der Waals surface area contributed by atoms with Crippen LogP contribution in [0.15, 0.2) is 109 Å². The number of benzene rings is 4. The van der Waals surface area contributed by atoms with Gasteiger partial charge in [-0.25, -0.2) is 0 Å². The third-order valence-corrected chi connectivity index (χ3v) is 20.1. The molecule has 0 saturated carbocycles. The number of fused-ring (bicyclic) bond motifs is 2. The van der Waals surface area contributed by atoms with Gasteiger partial charge in [0.05, 0.1) is 0 Å². The van der Waals surface area contributed by atoms with Crippen LogP contribution in [0.5, 0.6) is 0 Å². The van der Waals surface area contributed by atoms with E-state index in [-0.39, 0.29) is 24.8 Å². The van der Waals surface area contributed by atoms with E-state index in [1.165, 1.54) is 33.4 Å². The fraction of sp³-hybridized carbons (Fsp3) is 0.125. The van der Waals surface area contributed by atoms with Crippen molar-refractivity contribution in [2.24, 2.45) is 0 Å². The third kappa shape index (κ3) is 4.76. The molecule has 178 valence electrons.